The highest BCUT2D eigenvalue weighted by Crippen LogP contribution is 2.31. The Bertz CT molecular complexity index is 1320. The third-order valence-corrected chi connectivity index (χ3v) is 7.72. The fraction of sp³-hybridized carbons (Fsp3) is 0.125. The largest absolute Gasteiger partial charge is 0.325 e. The molecule has 2 N–H and O–H groups in total. The Morgan fingerprint density at radius 1 is 0.969 bits per heavy atom. The fourth-order valence-electron chi connectivity index (χ4n) is 3.03. The summed E-state index contributed by atoms with van der Waals surface area (Å²) in [5.41, 5.74) is 5.25. The molecule has 5 nitrogen and oxygen atoms in total. The van der Waals surface area contributed by atoms with E-state index in [1.807, 2.05) is 68.4 Å². The number of nitrogens with zero attached hydrogens (tertiary/aromatic N) is 1. The summed E-state index contributed by atoms with van der Waals surface area (Å²) in [6, 6.07) is 18.8. The number of halogens is 1. The molecule has 4 rings (SSSR count). The Kier molecular flexibility index (Phi) is 6.93. The zero-order valence-electron chi connectivity index (χ0n) is 17.4. The van der Waals surface area contributed by atoms with Gasteiger partial charge >= 0.3 is 0 Å². The molecule has 0 spiro atoms. The number of aryl methyl sites for hydroxylation is 2. The highest BCUT2D eigenvalue weighted by Gasteiger charge is 2.12. The minimum atomic E-state index is -0.182. The number of fused-ring (bicyclic) bond motifs is 1. The van der Waals surface area contributed by atoms with Crippen LogP contribution in [0.2, 0.25) is 0 Å². The Morgan fingerprint density at radius 3 is 2.50 bits per heavy atom. The third kappa shape index (κ3) is 5.38. The lowest BCUT2D eigenvalue weighted by molar-refractivity contribution is -0.113. The molecule has 0 unspecified atom stereocenters. The summed E-state index contributed by atoms with van der Waals surface area (Å²) < 4.78 is 2.51. The van der Waals surface area contributed by atoms with Crippen molar-refractivity contribution in [2.75, 3.05) is 16.4 Å². The SMILES string of the molecule is Cc1ccc(NC(=O)CSc2nc3ccc(NC(=O)c4ccccc4Br)cc3s2)cc1C. The van der Waals surface area contributed by atoms with E-state index in [0.29, 0.717) is 11.3 Å². The van der Waals surface area contributed by atoms with E-state index in [-0.39, 0.29) is 17.6 Å². The number of hydrogen-bond acceptors (Lipinski definition) is 5. The van der Waals surface area contributed by atoms with Crippen molar-refractivity contribution in [2.24, 2.45) is 0 Å². The molecule has 32 heavy (non-hydrogen) atoms. The quantitative estimate of drug-likeness (QED) is 0.276. The Labute approximate surface area is 202 Å². The normalized spacial score (nSPS) is 10.8. The summed E-state index contributed by atoms with van der Waals surface area (Å²) in [6.07, 6.45) is 0. The van der Waals surface area contributed by atoms with Gasteiger partial charge in [0.25, 0.3) is 5.91 Å². The van der Waals surface area contributed by atoms with Gasteiger partial charge in [-0.2, -0.15) is 0 Å². The molecular weight excluding hydrogens is 506 g/mol. The average molecular weight is 526 g/mol. The molecule has 2 amide bonds. The first-order valence-corrected chi connectivity index (χ1v) is 12.4. The Morgan fingerprint density at radius 2 is 1.72 bits per heavy atom. The number of thiazole rings is 1. The Balaban J connectivity index is 1.39. The van der Waals surface area contributed by atoms with Crippen molar-refractivity contribution in [3.05, 3.63) is 81.8 Å². The van der Waals surface area contributed by atoms with E-state index in [9.17, 15) is 9.59 Å². The van der Waals surface area contributed by atoms with Crippen LogP contribution in [0.3, 0.4) is 0 Å². The van der Waals surface area contributed by atoms with Gasteiger partial charge in [-0.3, -0.25) is 9.59 Å². The standard InChI is InChI=1S/C24H20BrN3O2S2/c1-14-7-8-16(11-15(14)2)26-22(29)13-31-24-28-20-10-9-17(12-21(20)32-24)27-23(30)18-5-3-4-6-19(18)25/h3-12H,13H2,1-2H3,(H,26,29)(H,27,30). The maximum Gasteiger partial charge on any atom is 0.256 e. The highest BCUT2D eigenvalue weighted by atomic mass is 79.9. The second kappa shape index (κ2) is 9.85. The molecule has 0 aliphatic carbocycles. The monoisotopic (exact) mass is 525 g/mol. The smallest absolute Gasteiger partial charge is 0.256 e. The van der Waals surface area contributed by atoms with Crippen LogP contribution in [0, 0.1) is 13.8 Å². The van der Waals surface area contributed by atoms with Gasteiger partial charge in [-0.25, -0.2) is 4.98 Å². The lowest BCUT2D eigenvalue weighted by atomic mass is 10.1. The van der Waals surface area contributed by atoms with E-state index in [4.69, 9.17) is 0 Å². The van der Waals surface area contributed by atoms with Gasteiger partial charge in [-0.1, -0.05) is 30.0 Å². The lowest BCUT2D eigenvalue weighted by Gasteiger charge is -2.07. The molecule has 3 aromatic carbocycles. The molecule has 0 saturated heterocycles. The van der Waals surface area contributed by atoms with Crippen molar-refractivity contribution in [3.8, 4) is 0 Å². The van der Waals surface area contributed by atoms with E-state index < -0.39 is 0 Å². The molecule has 8 heteroatoms. The number of amides is 2. The maximum atomic E-state index is 12.5. The van der Waals surface area contributed by atoms with Crippen molar-refractivity contribution in [1.29, 1.82) is 0 Å². The van der Waals surface area contributed by atoms with E-state index >= 15 is 0 Å². The van der Waals surface area contributed by atoms with E-state index in [0.717, 1.165) is 30.3 Å². The molecule has 1 heterocycles. The molecule has 0 radical (unpaired) electrons. The van der Waals surface area contributed by atoms with Crippen LogP contribution in [-0.4, -0.2) is 22.6 Å². The van der Waals surface area contributed by atoms with Crippen molar-refractivity contribution >= 4 is 72.4 Å². The zero-order valence-corrected chi connectivity index (χ0v) is 20.7. The first-order valence-electron chi connectivity index (χ1n) is 9.85. The number of carbonyl (C=O) groups excluding carboxylic acids is 2. The minimum Gasteiger partial charge on any atom is -0.325 e. The third-order valence-electron chi connectivity index (χ3n) is 4.86. The van der Waals surface area contributed by atoms with Crippen LogP contribution in [0.15, 0.2) is 69.5 Å². The summed E-state index contributed by atoms with van der Waals surface area (Å²) in [5.74, 6) is 0.0242. The average Bonchev–Trinajstić information content (AvgIpc) is 3.17. The molecule has 4 aromatic rings. The number of hydrogen-bond donors (Lipinski definition) is 2. The lowest BCUT2D eigenvalue weighted by Crippen LogP contribution is -2.14. The van der Waals surface area contributed by atoms with Crippen molar-refractivity contribution in [3.63, 3.8) is 0 Å². The summed E-state index contributed by atoms with van der Waals surface area (Å²) in [7, 11) is 0. The van der Waals surface area contributed by atoms with Gasteiger partial charge in [0.15, 0.2) is 4.34 Å². The molecule has 0 aliphatic rings. The number of carbonyl (C=O) groups is 2. The highest BCUT2D eigenvalue weighted by molar-refractivity contribution is 9.10. The van der Waals surface area contributed by atoms with Gasteiger partial charge in [-0.05, 0) is 83.4 Å². The van der Waals surface area contributed by atoms with E-state index in [1.165, 1.54) is 28.7 Å². The molecule has 0 aliphatic heterocycles. The van der Waals surface area contributed by atoms with Crippen molar-refractivity contribution in [2.45, 2.75) is 18.2 Å². The van der Waals surface area contributed by atoms with Gasteiger partial charge in [0.05, 0.1) is 21.5 Å². The van der Waals surface area contributed by atoms with Crippen molar-refractivity contribution < 1.29 is 9.59 Å². The Hall–Kier alpha value is -2.68. The number of benzene rings is 3. The number of anilines is 2. The first kappa shape index (κ1) is 22.5. The zero-order chi connectivity index (χ0) is 22.7. The van der Waals surface area contributed by atoms with Crippen LogP contribution in [0.1, 0.15) is 21.5 Å². The summed E-state index contributed by atoms with van der Waals surface area (Å²) in [6.45, 7) is 4.07. The predicted molar refractivity (Wildman–Crippen MR) is 137 cm³/mol. The fourth-order valence-corrected chi connectivity index (χ4v) is 5.40. The van der Waals surface area contributed by atoms with Crippen LogP contribution >= 0.6 is 39.0 Å². The number of rotatable bonds is 6. The van der Waals surface area contributed by atoms with Crippen LogP contribution in [0.5, 0.6) is 0 Å². The van der Waals surface area contributed by atoms with Crippen molar-refractivity contribution in [1.82, 2.24) is 4.98 Å². The number of nitrogens with one attached hydrogen (secondary N) is 2. The molecule has 0 bridgehead atoms. The van der Waals surface area contributed by atoms with Crippen LogP contribution in [0.4, 0.5) is 11.4 Å². The van der Waals surface area contributed by atoms with Crippen LogP contribution < -0.4 is 10.6 Å². The summed E-state index contributed by atoms with van der Waals surface area (Å²) in [5, 5.41) is 5.86. The van der Waals surface area contributed by atoms with Gasteiger partial charge in [0.2, 0.25) is 5.91 Å². The number of aromatic nitrogens is 1. The van der Waals surface area contributed by atoms with Gasteiger partial charge in [0.1, 0.15) is 0 Å². The summed E-state index contributed by atoms with van der Waals surface area (Å²) >= 11 is 6.31. The molecule has 0 saturated carbocycles. The molecule has 0 atom stereocenters. The second-order valence-electron chi connectivity index (χ2n) is 7.23. The van der Waals surface area contributed by atoms with E-state index in [2.05, 4.69) is 31.5 Å². The topological polar surface area (TPSA) is 71.1 Å². The maximum absolute atomic E-state index is 12.5. The van der Waals surface area contributed by atoms with Gasteiger partial charge < -0.3 is 10.6 Å². The predicted octanol–water partition coefficient (Wildman–Crippen LogP) is 6.66. The first-order chi connectivity index (χ1) is 15.4. The van der Waals surface area contributed by atoms with Crippen LogP contribution in [0.25, 0.3) is 10.2 Å². The molecule has 0 fully saturated rings. The van der Waals surface area contributed by atoms with Crippen LogP contribution in [-0.2, 0) is 4.79 Å². The molecule has 1 aromatic heterocycles. The minimum absolute atomic E-state index is 0.0705. The summed E-state index contributed by atoms with van der Waals surface area (Å²) in [4.78, 5) is 29.5. The second-order valence-corrected chi connectivity index (χ2v) is 10.3. The van der Waals surface area contributed by atoms with E-state index in [1.54, 1.807) is 6.07 Å². The molecule has 162 valence electrons. The molecular formula is C24H20BrN3O2S2. The number of thioether (sulfide) groups is 1. The van der Waals surface area contributed by atoms with Gasteiger partial charge in [0, 0.05) is 15.8 Å². The van der Waals surface area contributed by atoms with Gasteiger partial charge in [-0.15, -0.1) is 11.3 Å².